The van der Waals surface area contributed by atoms with Gasteiger partial charge in [0.1, 0.15) is 0 Å². The minimum Gasteiger partial charge on any atom is -0.0876 e. The molecule has 0 saturated heterocycles. The predicted molar refractivity (Wildman–Crippen MR) is 59.7 cm³/mol. The van der Waals surface area contributed by atoms with Crippen molar-refractivity contribution < 1.29 is 0 Å². The van der Waals surface area contributed by atoms with Gasteiger partial charge in [-0.3, -0.25) is 0 Å². The summed E-state index contributed by atoms with van der Waals surface area (Å²) < 4.78 is 0.253. The van der Waals surface area contributed by atoms with Crippen molar-refractivity contribution in [3.8, 4) is 0 Å². The highest BCUT2D eigenvalue weighted by molar-refractivity contribution is 9.24. The summed E-state index contributed by atoms with van der Waals surface area (Å²) >= 11 is 10.4. The largest absolute Gasteiger partial charge is 0.0949 e. The molecule has 0 spiro atoms. The number of alkyl halides is 3. The first-order chi connectivity index (χ1) is 5.25. The molecule has 0 aliphatic carbocycles. The van der Waals surface area contributed by atoms with E-state index in [0.29, 0.717) is 0 Å². The van der Waals surface area contributed by atoms with Gasteiger partial charge in [-0.15, -0.1) is 0 Å². The summed E-state index contributed by atoms with van der Waals surface area (Å²) in [7, 11) is 0. The van der Waals surface area contributed by atoms with Crippen molar-refractivity contribution in [3.05, 3.63) is 35.4 Å². The summed E-state index contributed by atoms with van der Waals surface area (Å²) in [4.78, 5) is 0. The zero-order valence-electron chi connectivity index (χ0n) is 5.73. The minimum atomic E-state index is 0.253. The van der Waals surface area contributed by atoms with Crippen molar-refractivity contribution >= 4 is 47.8 Å². The Bertz CT molecular complexity index is 233. The Morgan fingerprint density at radius 1 is 1.18 bits per heavy atom. The Kier molecular flexibility index (Phi) is 4.10. The fraction of sp³-hybridized carbons (Fsp3) is 0.250. The van der Waals surface area contributed by atoms with E-state index in [9.17, 15) is 0 Å². The lowest BCUT2D eigenvalue weighted by Crippen LogP contribution is -1.87. The molecule has 11 heavy (non-hydrogen) atoms. The van der Waals surface area contributed by atoms with Crippen LogP contribution in [0.1, 0.15) is 14.9 Å². The molecule has 0 N–H and O–H groups in total. The van der Waals surface area contributed by atoms with Crippen LogP contribution in [0, 0.1) is 0 Å². The summed E-state index contributed by atoms with van der Waals surface area (Å²) in [6.45, 7) is 0. The van der Waals surface area contributed by atoms with Gasteiger partial charge in [-0.2, -0.15) is 0 Å². The Morgan fingerprint density at radius 2 is 1.82 bits per heavy atom. The van der Waals surface area contributed by atoms with E-state index in [1.807, 2.05) is 12.1 Å². The van der Waals surface area contributed by atoms with E-state index >= 15 is 0 Å². The highest BCUT2D eigenvalue weighted by Crippen LogP contribution is 2.32. The molecule has 0 unspecified atom stereocenters. The standard InChI is InChI=1S/C8H7Br3/c9-5-6-3-1-2-4-7(6)8(10)11/h1-4,8H,5H2. The zero-order chi connectivity index (χ0) is 8.27. The molecule has 1 rings (SSSR count). The van der Waals surface area contributed by atoms with Crippen LogP contribution in [-0.2, 0) is 5.33 Å². The maximum Gasteiger partial charge on any atom is 0.0949 e. The van der Waals surface area contributed by atoms with E-state index in [-0.39, 0.29) is 3.74 Å². The van der Waals surface area contributed by atoms with Gasteiger partial charge in [0, 0.05) is 5.33 Å². The van der Waals surface area contributed by atoms with Gasteiger partial charge in [0.15, 0.2) is 0 Å². The molecule has 0 atom stereocenters. The summed E-state index contributed by atoms with van der Waals surface area (Å²) in [6, 6.07) is 8.30. The molecule has 0 amide bonds. The second-order valence-electron chi connectivity index (χ2n) is 2.13. The fourth-order valence-corrected chi connectivity index (χ4v) is 2.27. The molecule has 0 nitrogen and oxygen atoms in total. The topological polar surface area (TPSA) is 0 Å². The van der Waals surface area contributed by atoms with Crippen LogP contribution < -0.4 is 0 Å². The van der Waals surface area contributed by atoms with E-state index < -0.39 is 0 Å². The third kappa shape index (κ3) is 2.56. The monoisotopic (exact) mass is 340 g/mol. The van der Waals surface area contributed by atoms with Gasteiger partial charge in [-0.1, -0.05) is 72.1 Å². The number of halogens is 3. The molecule has 0 fully saturated rings. The molecule has 3 heteroatoms. The molecule has 60 valence electrons. The van der Waals surface area contributed by atoms with E-state index in [0.717, 1.165) is 5.33 Å². The van der Waals surface area contributed by atoms with E-state index in [4.69, 9.17) is 0 Å². The van der Waals surface area contributed by atoms with Gasteiger partial charge in [-0.25, -0.2) is 0 Å². The number of hydrogen-bond donors (Lipinski definition) is 0. The van der Waals surface area contributed by atoms with Gasteiger partial charge in [-0.05, 0) is 11.1 Å². The Labute approximate surface area is 91.8 Å². The summed E-state index contributed by atoms with van der Waals surface area (Å²) in [5.74, 6) is 0. The number of rotatable bonds is 2. The summed E-state index contributed by atoms with van der Waals surface area (Å²) in [6.07, 6.45) is 0. The van der Waals surface area contributed by atoms with Gasteiger partial charge in [0.05, 0.1) is 3.74 Å². The summed E-state index contributed by atoms with van der Waals surface area (Å²) in [5.41, 5.74) is 2.59. The van der Waals surface area contributed by atoms with Crippen molar-refractivity contribution in [2.75, 3.05) is 0 Å². The van der Waals surface area contributed by atoms with Crippen molar-refractivity contribution in [3.63, 3.8) is 0 Å². The Morgan fingerprint density at radius 3 is 2.27 bits per heavy atom. The Hall–Kier alpha value is 0.660. The SMILES string of the molecule is BrCc1ccccc1C(Br)Br. The number of hydrogen-bond acceptors (Lipinski definition) is 0. The molecule has 1 aromatic carbocycles. The van der Waals surface area contributed by atoms with Crippen LogP contribution in [0.25, 0.3) is 0 Å². The molecule has 0 radical (unpaired) electrons. The first kappa shape index (κ1) is 9.75. The summed E-state index contributed by atoms with van der Waals surface area (Å²) in [5, 5.41) is 0.900. The quantitative estimate of drug-likeness (QED) is 0.700. The highest BCUT2D eigenvalue weighted by Gasteiger charge is 2.05. The normalized spacial score (nSPS) is 10.5. The lowest BCUT2D eigenvalue weighted by Gasteiger charge is -2.06. The molecule has 1 aromatic rings. The van der Waals surface area contributed by atoms with Crippen LogP contribution in [0.3, 0.4) is 0 Å². The average Bonchev–Trinajstić information content (AvgIpc) is 2.04. The van der Waals surface area contributed by atoms with Crippen LogP contribution in [0.15, 0.2) is 24.3 Å². The minimum absolute atomic E-state index is 0.253. The fourth-order valence-electron chi connectivity index (χ4n) is 0.869. The molecular formula is C8H7Br3. The van der Waals surface area contributed by atoms with Gasteiger partial charge in [0.2, 0.25) is 0 Å². The zero-order valence-corrected chi connectivity index (χ0v) is 10.5. The lowest BCUT2D eigenvalue weighted by atomic mass is 10.1. The van der Waals surface area contributed by atoms with Crippen LogP contribution in [0.2, 0.25) is 0 Å². The van der Waals surface area contributed by atoms with Gasteiger partial charge in [0.25, 0.3) is 0 Å². The van der Waals surface area contributed by atoms with Crippen LogP contribution in [0.5, 0.6) is 0 Å². The van der Waals surface area contributed by atoms with Gasteiger partial charge >= 0.3 is 0 Å². The third-order valence-electron chi connectivity index (χ3n) is 1.43. The van der Waals surface area contributed by atoms with Crippen molar-refractivity contribution in [2.45, 2.75) is 9.07 Å². The van der Waals surface area contributed by atoms with E-state index in [1.54, 1.807) is 0 Å². The van der Waals surface area contributed by atoms with E-state index in [1.165, 1.54) is 11.1 Å². The van der Waals surface area contributed by atoms with Crippen LogP contribution in [0.4, 0.5) is 0 Å². The lowest BCUT2D eigenvalue weighted by molar-refractivity contribution is 1.30. The second-order valence-corrected chi connectivity index (χ2v) is 5.75. The third-order valence-corrected chi connectivity index (χ3v) is 3.02. The van der Waals surface area contributed by atoms with Crippen LogP contribution in [-0.4, -0.2) is 0 Å². The first-order valence-electron chi connectivity index (χ1n) is 3.17. The van der Waals surface area contributed by atoms with Gasteiger partial charge < -0.3 is 0 Å². The predicted octanol–water partition coefficient (Wildman–Crippen LogP) is 4.37. The van der Waals surface area contributed by atoms with Crippen molar-refractivity contribution in [1.29, 1.82) is 0 Å². The smallest absolute Gasteiger partial charge is 0.0876 e. The van der Waals surface area contributed by atoms with Crippen LogP contribution >= 0.6 is 47.8 Å². The molecule has 0 saturated carbocycles. The first-order valence-corrected chi connectivity index (χ1v) is 6.13. The molecule has 0 heterocycles. The maximum absolute atomic E-state index is 3.47. The second kappa shape index (κ2) is 4.63. The maximum atomic E-state index is 3.47. The Balaban J connectivity index is 3.02. The van der Waals surface area contributed by atoms with Crippen molar-refractivity contribution in [1.82, 2.24) is 0 Å². The molecular weight excluding hydrogens is 336 g/mol. The van der Waals surface area contributed by atoms with Crippen molar-refractivity contribution in [2.24, 2.45) is 0 Å². The number of benzene rings is 1. The molecule has 0 aliphatic rings. The molecule has 0 aliphatic heterocycles. The average molecular weight is 343 g/mol. The molecule has 0 bridgehead atoms. The highest BCUT2D eigenvalue weighted by atomic mass is 79.9. The molecule has 0 aromatic heterocycles. The van der Waals surface area contributed by atoms with E-state index in [2.05, 4.69) is 59.9 Å².